The Balaban J connectivity index is 2.31. The van der Waals surface area contributed by atoms with Gasteiger partial charge in [-0.15, -0.1) is 0 Å². The fourth-order valence-corrected chi connectivity index (χ4v) is 2.40. The molecule has 4 heteroatoms. The SMILES string of the molecule is CNCCC(=O)NCC(C(C)C)N1CCCC1. The Labute approximate surface area is 105 Å². The lowest BCUT2D eigenvalue weighted by Gasteiger charge is -2.31. The maximum atomic E-state index is 11.6. The molecule has 0 aromatic carbocycles. The minimum absolute atomic E-state index is 0.157. The third kappa shape index (κ3) is 5.04. The van der Waals surface area contributed by atoms with Gasteiger partial charge in [0, 0.05) is 25.6 Å². The molecule has 0 aromatic heterocycles. The van der Waals surface area contributed by atoms with Crippen LogP contribution in [0.4, 0.5) is 0 Å². The number of likely N-dealkylation sites (tertiary alicyclic amines) is 1. The second-order valence-corrected chi connectivity index (χ2v) is 5.21. The molecular formula is C13H27N3O. The van der Waals surface area contributed by atoms with Gasteiger partial charge in [-0.05, 0) is 38.9 Å². The molecule has 1 heterocycles. The zero-order valence-electron chi connectivity index (χ0n) is 11.5. The van der Waals surface area contributed by atoms with Crippen LogP contribution >= 0.6 is 0 Å². The molecule has 0 aromatic rings. The predicted molar refractivity (Wildman–Crippen MR) is 71.0 cm³/mol. The average Bonchev–Trinajstić information content (AvgIpc) is 2.79. The van der Waals surface area contributed by atoms with Gasteiger partial charge in [0.1, 0.15) is 0 Å². The summed E-state index contributed by atoms with van der Waals surface area (Å²) < 4.78 is 0. The minimum Gasteiger partial charge on any atom is -0.354 e. The highest BCUT2D eigenvalue weighted by Gasteiger charge is 2.24. The Bertz CT molecular complexity index is 225. The maximum absolute atomic E-state index is 11.6. The van der Waals surface area contributed by atoms with Gasteiger partial charge in [0.2, 0.25) is 5.91 Å². The summed E-state index contributed by atoms with van der Waals surface area (Å²) in [7, 11) is 1.87. The van der Waals surface area contributed by atoms with E-state index in [1.165, 1.54) is 25.9 Å². The van der Waals surface area contributed by atoms with E-state index >= 15 is 0 Å². The highest BCUT2D eigenvalue weighted by molar-refractivity contribution is 5.76. The molecule has 0 radical (unpaired) electrons. The summed E-state index contributed by atoms with van der Waals surface area (Å²) in [4.78, 5) is 14.1. The van der Waals surface area contributed by atoms with Gasteiger partial charge in [-0.2, -0.15) is 0 Å². The van der Waals surface area contributed by atoms with E-state index in [0.29, 0.717) is 18.4 Å². The van der Waals surface area contributed by atoms with E-state index in [1.807, 2.05) is 7.05 Å². The van der Waals surface area contributed by atoms with Gasteiger partial charge < -0.3 is 10.6 Å². The quantitative estimate of drug-likeness (QED) is 0.694. The Hall–Kier alpha value is -0.610. The van der Waals surface area contributed by atoms with Gasteiger partial charge >= 0.3 is 0 Å². The molecule has 0 saturated carbocycles. The number of nitrogens with zero attached hydrogens (tertiary/aromatic N) is 1. The van der Waals surface area contributed by atoms with Crippen molar-refractivity contribution in [3.63, 3.8) is 0 Å². The summed E-state index contributed by atoms with van der Waals surface area (Å²) in [6.07, 6.45) is 3.18. The zero-order chi connectivity index (χ0) is 12.7. The summed E-state index contributed by atoms with van der Waals surface area (Å²) in [5.41, 5.74) is 0. The summed E-state index contributed by atoms with van der Waals surface area (Å²) in [5, 5.41) is 6.05. The van der Waals surface area contributed by atoms with Crippen molar-refractivity contribution in [2.24, 2.45) is 5.92 Å². The molecule has 1 saturated heterocycles. The second kappa shape index (κ2) is 7.67. The average molecular weight is 241 g/mol. The van der Waals surface area contributed by atoms with E-state index in [0.717, 1.165) is 13.1 Å². The molecule has 100 valence electrons. The number of carbonyl (C=O) groups is 1. The molecule has 1 unspecified atom stereocenters. The lowest BCUT2D eigenvalue weighted by Crippen LogP contribution is -2.45. The third-order valence-electron chi connectivity index (χ3n) is 3.49. The van der Waals surface area contributed by atoms with Crippen molar-refractivity contribution in [3.05, 3.63) is 0 Å². The fourth-order valence-electron chi connectivity index (χ4n) is 2.40. The van der Waals surface area contributed by atoms with Crippen LogP contribution in [-0.4, -0.2) is 50.1 Å². The molecule has 0 spiro atoms. The molecule has 1 fully saturated rings. The summed E-state index contributed by atoms with van der Waals surface area (Å²) in [5.74, 6) is 0.752. The fraction of sp³-hybridized carbons (Fsp3) is 0.923. The third-order valence-corrected chi connectivity index (χ3v) is 3.49. The first-order valence-corrected chi connectivity index (χ1v) is 6.80. The first-order chi connectivity index (χ1) is 8.15. The minimum atomic E-state index is 0.157. The van der Waals surface area contributed by atoms with Crippen molar-refractivity contribution in [1.82, 2.24) is 15.5 Å². The number of nitrogens with one attached hydrogen (secondary N) is 2. The molecular weight excluding hydrogens is 214 g/mol. The molecule has 0 aliphatic carbocycles. The number of carbonyl (C=O) groups excluding carboxylic acids is 1. The van der Waals surface area contributed by atoms with Crippen LogP contribution in [0, 0.1) is 5.92 Å². The van der Waals surface area contributed by atoms with Crippen LogP contribution in [0.25, 0.3) is 0 Å². The Morgan fingerprint density at radius 1 is 1.29 bits per heavy atom. The van der Waals surface area contributed by atoms with Crippen molar-refractivity contribution in [1.29, 1.82) is 0 Å². The van der Waals surface area contributed by atoms with Gasteiger partial charge in [-0.1, -0.05) is 13.8 Å². The van der Waals surface area contributed by atoms with Gasteiger partial charge in [0.05, 0.1) is 0 Å². The first-order valence-electron chi connectivity index (χ1n) is 6.80. The van der Waals surface area contributed by atoms with Crippen LogP contribution in [0.1, 0.15) is 33.1 Å². The predicted octanol–water partition coefficient (Wildman–Crippen LogP) is 0.833. The summed E-state index contributed by atoms with van der Waals surface area (Å²) >= 11 is 0. The number of rotatable bonds is 7. The highest BCUT2D eigenvalue weighted by atomic mass is 16.1. The highest BCUT2D eigenvalue weighted by Crippen LogP contribution is 2.16. The number of amides is 1. The molecule has 2 N–H and O–H groups in total. The Morgan fingerprint density at radius 2 is 1.94 bits per heavy atom. The van der Waals surface area contributed by atoms with E-state index < -0.39 is 0 Å². The van der Waals surface area contributed by atoms with Crippen molar-refractivity contribution in [2.45, 2.75) is 39.2 Å². The van der Waals surface area contributed by atoms with Crippen LogP contribution in [-0.2, 0) is 4.79 Å². The molecule has 17 heavy (non-hydrogen) atoms. The van der Waals surface area contributed by atoms with E-state index in [-0.39, 0.29) is 5.91 Å². The molecule has 0 bridgehead atoms. The van der Waals surface area contributed by atoms with Gasteiger partial charge in [0.25, 0.3) is 0 Å². The van der Waals surface area contributed by atoms with Crippen LogP contribution < -0.4 is 10.6 Å². The van der Waals surface area contributed by atoms with Crippen molar-refractivity contribution in [2.75, 3.05) is 33.2 Å². The number of hydrogen-bond donors (Lipinski definition) is 2. The van der Waals surface area contributed by atoms with Crippen LogP contribution in [0.15, 0.2) is 0 Å². The van der Waals surface area contributed by atoms with Crippen LogP contribution in [0.5, 0.6) is 0 Å². The lowest BCUT2D eigenvalue weighted by molar-refractivity contribution is -0.121. The lowest BCUT2D eigenvalue weighted by atomic mass is 10.0. The summed E-state index contributed by atoms with van der Waals surface area (Å²) in [6, 6.07) is 0.496. The number of hydrogen-bond acceptors (Lipinski definition) is 3. The van der Waals surface area contributed by atoms with Gasteiger partial charge in [-0.3, -0.25) is 9.69 Å². The normalized spacial score (nSPS) is 18.6. The topological polar surface area (TPSA) is 44.4 Å². The Morgan fingerprint density at radius 3 is 2.47 bits per heavy atom. The Kier molecular flexibility index (Phi) is 6.52. The van der Waals surface area contributed by atoms with Crippen molar-refractivity contribution >= 4 is 5.91 Å². The van der Waals surface area contributed by atoms with Crippen LogP contribution in [0.3, 0.4) is 0 Å². The molecule has 1 atom stereocenters. The van der Waals surface area contributed by atoms with E-state index in [9.17, 15) is 4.79 Å². The van der Waals surface area contributed by atoms with Crippen LogP contribution in [0.2, 0.25) is 0 Å². The standard InChI is InChI=1S/C13H27N3O/c1-11(2)12(16-8-4-5-9-16)10-15-13(17)6-7-14-3/h11-12,14H,4-10H2,1-3H3,(H,15,17). The van der Waals surface area contributed by atoms with E-state index in [4.69, 9.17) is 0 Å². The van der Waals surface area contributed by atoms with Crippen molar-refractivity contribution in [3.8, 4) is 0 Å². The second-order valence-electron chi connectivity index (χ2n) is 5.21. The molecule has 1 amide bonds. The largest absolute Gasteiger partial charge is 0.354 e. The monoisotopic (exact) mass is 241 g/mol. The molecule has 1 aliphatic rings. The molecule has 4 nitrogen and oxygen atoms in total. The van der Waals surface area contributed by atoms with E-state index in [2.05, 4.69) is 29.4 Å². The maximum Gasteiger partial charge on any atom is 0.221 e. The zero-order valence-corrected chi connectivity index (χ0v) is 11.5. The molecule has 1 rings (SSSR count). The molecule has 1 aliphatic heterocycles. The van der Waals surface area contributed by atoms with Gasteiger partial charge in [0.15, 0.2) is 0 Å². The van der Waals surface area contributed by atoms with E-state index in [1.54, 1.807) is 0 Å². The van der Waals surface area contributed by atoms with Gasteiger partial charge in [-0.25, -0.2) is 0 Å². The summed E-state index contributed by atoms with van der Waals surface area (Å²) in [6.45, 7) is 8.40. The first kappa shape index (κ1) is 14.5. The smallest absolute Gasteiger partial charge is 0.221 e. The van der Waals surface area contributed by atoms with Crippen molar-refractivity contribution < 1.29 is 4.79 Å².